The molecule has 0 saturated carbocycles. The van der Waals surface area contributed by atoms with Crippen LogP contribution in [-0.2, 0) is 11.3 Å². The highest BCUT2D eigenvalue weighted by Gasteiger charge is 2.23. The lowest BCUT2D eigenvalue weighted by atomic mass is 10.1. The number of hydrogen-bond acceptors (Lipinski definition) is 4. The number of carbonyl (C=O) groups is 1. The predicted octanol–water partition coefficient (Wildman–Crippen LogP) is 3.77. The van der Waals surface area contributed by atoms with Crippen molar-refractivity contribution in [2.24, 2.45) is 0 Å². The summed E-state index contributed by atoms with van der Waals surface area (Å²) in [4.78, 5) is 24.9. The van der Waals surface area contributed by atoms with Gasteiger partial charge in [-0.25, -0.2) is 4.79 Å². The Labute approximate surface area is 141 Å². The van der Waals surface area contributed by atoms with Crippen LogP contribution in [0.25, 0.3) is 10.9 Å². The first-order valence-electron chi connectivity index (χ1n) is 8.54. The normalized spacial score (nSPS) is 11.0. The van der Waals surface area contributed by atoms with Crippen LogP contribution in [0.3, 0.4) is 0 Å². The molecule has 1 aromatic carbocycles. The van der Waals surface area contributed by atoms with Crippen molar-refractivity contribution in [3.8, 4) is 5.75 Å². The third-order valence-electron chi connectivity index (χ3n) is 4.11. The third-order valence-corrected chi connectivity index (χ3v) is 4.11. The van der Waals surface area contributed by atoms with Crippen LogP contribution < -0.4 is 5.56 Å². The molecule has 1 heterocycles. The van der Waals surface area contributed by atoms with Crippen molar-refractivity contribution < 1.29 is 14.6 Å². The van der Waals surface area contributed by atoms with Gasteiger partial charge in [0.25, 0.3) is 5.56 Å². The van der Waals surface area contributed by atoms with Gasteiger partial charge in [-0.2, -0.15) is 0 Å². The van der Waals surface area contributed by atoms with Gasteiger partial charge in [0.05, 0.1) is 12.1 Å². The molecule has 5 nitrogen and oxygen atoms in total. The van der Waals surface area contributed by atoms with Crippen molar-refractivity contribution in [3.05, 3.63) is 39.7 Å². The maximum Gasteiger partial charge on any atom is 0.347 e. The molecule has 0 saturated heterocycles. The van der Waals surface area contributed by atoms with Gasteiger partial charge in [-0.15, -0.1) is 0 Å². The van der Waals surface area contributed by atoms with Crippen molar-refractivity contribution in [2.45, 2.75) is 53.0 Å². The Morgan fingerprint density at radius 3 is 2.62 bits per heavy atom. The van der Waals surface area contributed by atoms with E-state index in [1.165, 1.54) is 0 Å². The average Bonchev–Trinajstić information content (AvgIpc) is 2.55. The summed E-state index contributed by atoms with van der Waals surface area (Å²) in [6, 6.07) is 5.50. The van der Waals surface area contributed by atoms with Crippen molar-refractivity contribution >= 4 is 16.9 Å². The number of esters is 1. The Kier molecular flexibility index (Phi) is 6.01. The summed E-state index contributed by atoms with van der Waals surface area (Å²) < 4.78 is 6.53. The van der Waals surface area contributed by atoms with Crippen LogP contribution in [0.1, 0.15) is 55.5 Å². The Balaban J connectivity index is 2.60. The van der Waals surface area contributed by atoms with Gasteiger partial charge < -0.3 is 14.4 Å². The number of unbranched alkanes of at least 4 members (excludes halogenated alkanes) is 3. The highest BCUT2D eigenvalue weighted by molar-refractivity contribution is 5.99. The van der Waals surface area contributed by atoms with E-state index in [0.29, 0.717) is 17.4 Å². The molecule has 0 fully saturated rings. The predicted molar refractivity (Wildman–Crippen MR) is 94.7 cm³/mol. The maximum atomic E-state index is 12.8. The van der Waals surface area contributed by atoms with Gasteiger partial charge in [0.2, 0.25) is 0 Å². The smallest absolute Gasteiger partial charge is 0.347 e. The monoisotopic (exact) mass is 331 g/mol. The lowest BCUT2D eigenvalue weighted by Gasteiger charge is -2.15. The molecule has 130 valence electrons. The van der Waals surface area contributed by atoms with Gasteiger partial charge in [-0.1, -0.05) is 37.8 Å². The molecule has 2 aromatic rings. The van der Waals surface area contributed by atoms with E-state index in [-0.39, 0.29) is 17.9 Å². The molecular formula is C19H25NO4. The number of ether oxygens (including phenoxy) is 1. The van der Waals surface area contributed by atoms with Crippen LogP contribution in [-0.4, -0.2) is 22.2 Å². The SMILES string of the molecule is CCCCCCn1c(=O)c(C(=O)OCC)c(O)c2cc(C)ccc21. The van der Waals surface area contributed by atoms with Crippen LogP contribution in [0, 0.1) is 6.92 Å². The first kappa shape index (κ1) is 18.0. The molecule has 2 rings (SSSR count). The Hall–Kier alpha value is -2.30. The van der Waals surface area contributed by atoms with Crippen LogP contribution >= 0.6 is 0 Å². The van der Waals surface area contributed by atoms with E-state index in [1.54, 1.807) is 17.6 Å². The van der Waals surface area contributed by atoms with E-state index in [4.69, 9.17) is 4.74 Å². The Morgan fingerprint density at radius 2 is 1.96 bits per heavy atom. The molecule has 0 radical (unpaired) electrons. The topological polar surface area (TPSA) is 68.5 Å². The Morgan fingerprint density at radius 1 is 1.21 bits per heavy atom. The lowest BCUT2D eigenvalue weighted by molar-refractivity contribution is 0.0520. The molecule has 24 heavy (non-hydrogen) atoms. The zero-order chi connectivity index (χ0) is 17.7. The van der Waals surface area contributed by atoms with Crippen LogP contribution in [0.5, 0.6) is 5.75 Å². The fourth-order valence-electron chi connectivity index (χ4n) is 2.86. The summed E-state index contributed by atoms with van der Waals surface area (Å²) in [5, 5.41) is 11.0. The summed E-state index contributed by atoms with van der Waals surface area (Å²) in [6.07, 6.45) is 4.09. The number of benzene rings is 1. The van der Waals surface area contributed by atoms with E-state index in [2.05, 4.69) is 6.92 Å². The molecule has 1 N–H and O–H groups in total. The standard InChI is InChI=1S/C19H25NO4/c1-4-6-7-8-11-20-15-10-9-13(3)12-14(15)17(21)16(18(20)22)19(23)24-5-2/h9-10,12,21H,4-8,11H2,1-3H3. The van der Waals surface area contributed by atoms with E-state index < -0.39 is 11.5 Å². The van der Waals surface area contributed by atoms with Gasteiger partial charge in [0.1, 0.15) is 5.75 Å². The van der Waals surface area contributed by atoms with E-state index in [1.807, 2.05) is 19.1 Å². The maximum absolute atomic E-state index is 12.8. The number of aryl methyl sites for hydroxylation is 2. The second kappa shape index (κ2) is 7.99. The van der Waals surface area contributed by atoms with E-state index in [0.717, 1.165) is 31.2 Å². The second-order valence-electron chi connectivity index (χ2n) is 5.98. The van der Waals surface area contributed by atoms with Crippen molar-refractivity contribution in [1.29, 1.82) is 0 Å². The molecule has 0 spiro atoms. The summed E-state index contributed by atoms with van der Waals surface area (Å²) in [6.45, 7) is 6.37. The molecule has 0 aliphatic carbocycles. The van der Waals surface area contributed by atoms with Crippen molar-refractivity contribution in [2.75, 3.05) is 6.61 Å². The fourth-order valence-corrected chi connectivity index (χ4v) is 2.86. The third kappa shape index (κ3) is 3.61. The molecule has 0 amide bonds. The van der Waals surface area contributed by atoms with Gasteiger partial charge in [0.15, 0.2) is 5.56 Å². The summed E-state index contributed by atoms with van der Waals surface area (Å²) >= 11 is 0. The van der Waals surface area contributed by atoms with Crippen LogP contribution in [0.2, 0.25) is 0 Å². The molecule has 0 bridgehead atoms. The molecule has 0 aliphatic rings. The summed E-state index contributed by atoms with van der Waals surface area (Å²) in [7, 11) is 0. The number of hydrogen-bond donors (Lipinski definition) is 1. The zero-order valence-electron chi connectivity index (χ0n) is 14.6. The molecule has 5 heteroatoms. The van der Waals surface area contributed by atoms with Crippen molar-refractivity contribution in [1.82, 2.24) is 4.57 Å². The number of aromatic nitrogens is 1. The van der Waals surface area contributed by atoms with Gasteiger partial charge >= 0.3 is 5.97 Å². The number of nitrogens with zero attached hydrogens (tertiary/aromatic N) is 1. The highest BCUT2D eigenvalue weighted by atomic mass is 16.5. The molecule has 0 aliphatic heterocycles. The Bertz CT molecular complexity index is 792. The highest BCUT2D eigenvalue weighted by Crippen LogP contribution is 2.28. The quantitative estimate of drug-likeness (QED) is 0.619. The van der Waals surface area contributed by atoms with Gasteiger partial charge in [-0.3, -0.25) is 4.79 Å². The van der Waals surface area contributed by atoms with Gasteiger partial charge in [0, 0.05) is 11.9 Å². The number of fused-ring (bicyclic) bond motifs is 1. The minimum Gasteiger partial charge on any atom is -0.506 e. The van der Waals surface area contributed by atoms with E-state index >= 15 is 0 Å². The van der Waals surface area contributed by atoms with Gasteiger partial charge in [-0.05, 0) is 32.4 Å². The zero-order valence-corrected chi connectivity index (χ0v) is 14.6. The summed E-state index contributed by atoms with van der Waals surface area (Å²) in [5.74, 6) is -1.06. The minimum absolute atomic E-state index is 0.153. The molecule has 1 aromatic heterocycles. The number of rotatable bonds is 7. The van der Waals surface area contributed by atoms with Crippen LogP contribution in [0.4, 0.5) is 0 Å². The van der Waals surface area contributed by atoms with Crippen molar-refractivity contribution in [3.63, 3.8) is 0 Å². The average molecular weight is 331 g/mol. The summed E-state index contributed by atoms with van der Waals surface area (Å²) in [5.41, 5.74) is 0.834. The minimum atomic E-state index is -0.772. The van der Waals surface area contributed by atoms with E-state index in [9.17, 15) is 14.7 Å². The second-order valence-corrected chi connectivity index (χ2v) is 5.98. The molecule has 0 atom stereocenters. The first-order chi connectivity index (χ1) is 11.5. The number of aromatic hydroxyl groups is 1. The molecular weight excluding hydrogens is 306 g/mol. The fraction of sp³-hybridized carbons (Fsp3) is 0.474. The largest absolute Gasteiger partial charge is 0.506 e. The number of pyridine rings is 1. The lowest BCUT2D eigenvalue weighted by Crippen LogP contribution is -2.28. The molecule has 0 unspecified atom stereocenters. The van der Waals surface area contributed by atoms with Crippen LogP contribution in [0.15, 0.2) is 23.0 Å². The first-order valence-corrected chi connectivity index (χ1v) is 8.54. The number of carbonyl (C=O) groups excluding carboxylic acids is 1.